The van der Waals surface area contributed by atoms with Crippen LogP contribution in [0.15, 0.2) is 18.2 Å². The van der Waals surface area contributed by atoms with Crippen LogP contribution in [0.1, 0.15) is 271 Å². The molecule has 5 nitrogen and oxygen atoms in total. The number of hydrogen-bond acceptors (Lipinski definition) is 5. The Morgan fingerprint density at radius 3 is 0.930 bits per heavy atom. The van der Waals surface area contributed by atoms with Gasteiger partial charge >= 0.3 is 0 Å². The number of aromatic hydroxyl groups is 1. The van der Waals surface area contributed by atoms with E-state index in [2.05, 4.69) is 24.5 Å². The van der Waals surface area contributed by atoms with E-state index in [1.54, 1.807) is 6.07 Å². The van der Waals surface area contributed by atoms with Gasteiger partial charge < -0.3 is 26.0 Å². The van der Waals surface area contributed by atoms with Crippen molar-refractivity contribution in [2.45, 2.75) is 283 Å². The first-order chi connectivity index (χ1) is 28.1. The molecule has 57 heavy (non-hydrogen) atoms. The van der Waals surface area contributed by atoms with Crippen molar-refractivity contribution < 1.29 is 15.3 Å². The first-order valence-corrected chi connectivity index (χ1v) is 25.7. The summed E-state index contributed by atoms with van der Waals surface area (Å²) in [5.41, 5.74) is 1.39. The second-order valence-corrected chi connectivity index (χ2v) is 18.1. The molecule has 0 radical (unpaired) electrons. The lowest BCUT2D eigenvalue weighted by molar-refractivity contribution is 0.172. The number of phenols is 1. The lowest BCUT2D eigenvalue weighted by Crippen LogP contribution is -2.22. The molecule has 0 heterocycles. The van der Waals surface area contributed by atoms with E-state index in [0.29, 0.717) is 18.8 Å². The number of rotatable bonds is 46. The Morgan fingerprint density at radius 1 is 0.368 bits per heavy atom. The highest BCUT2D eigenvalue weighted by atomic mass is 16.3. The summed E-state index contributed by atoms with van der Waals surface area (Å²) in [4.78, 5) is 0. The zero-order valence-electron chi connectivity index (χ0n) is 38.4. The summed E-state index contributed by atoms with van der Waals surface area (Å²) in [5, 5.41) is 38.4. The Hall–Kier alpha value is -1.46. The van der Waals surface area contributed by atoms with Gasteiger partial charge in [0.2, 0.25) is 0 Å². The molecule has 0 aliphatic heterocycles. The van der Waals surface area contributed by atoms with Crippen molar-refractivity contribution in [3.05, 3.63) is 18.2 Å². The molecule has 336 valence electrons. The van der Waals surface area contributed by atoms with E-state index in [1.807, 2.05) is 12.1 Å². The number of aliphatic hydroxyl groups is 2. The minimum Gasteiger partial charge on any atom is -0.506 e. The van der Waals surface area contributed by atoms with Gasteiger partial charge in [-0.1, -0.05) is 264 Å². The average molecular weight is 801 g/mol. The predicted octanol–water partition coefficient (Wildman–Crippen LogP) is 16.6. The summed E-state index contributed by atoms with van der Waals surface area (Å²) in [5.74, 6) is 0.170. The monoisotopic (exact) mass is 801 g/mol. The van der Waals surface area contributed by atoms with Crippen LogP contribution in [0.4, 0.5) is 11.4 Å². The second kappa shape index (κ2) is 42.7. The average Bonchev–Trinajstić information content (AvgIpc) is 3.21. The quantitative estimate of drug-likeness (QED) is 0.0335. The lowest BCUT2D eigenvalue weighted by atomic mass is 10.0. The van der Waals surface area contributed by atoms with Gasteiger partial charge in [-0.25, -0.2) is 0 Å². The number of benzene rings is 1. The number of aliphatic hydroxyl groups excluding tert-OH is 2. The fourth-order valence-corrected chi connectivity index (χ4v) is 8.44. The van der Waals surface area contributed by atoms with Crippen molar-refractivity contribution in [2.24, 2.45) is 0 Å². The van der Waals surface area contributed by atoms with E-state index in [4.69, 9.17) is 0 Å². The third-order valence-corrected chi connectivity index (χ3v) is 12.4. The number of unbranched alkanes of at least 4 members (excludes halogenated alkanes) is 36. The van der Waals surface area contributed by atoms with E-state index >= 15 is 0 Å². The van der Waals surface area contributed by atoms with Crippen LogP contribution in [0.5, 0.6) is 5.75 Å². The Bertz CT molecular complexity index is 942. The highest BCUT2D eigenvalue weighted by molar-refractivity contribution is 5.75. The van der Waals surface area contributed by atoms with Gasteiger partial charge in [-0.05, 0) is 25.0 Å². The molecule has 0 aliphatic rings. The summed E-state index contributed by atoms with van der Waals surface area (Å²) in [6.45, 7) is 5.45. The van der Waals surface area contributed by atoms with Crippen molar-refractivity contribution in [1.29, 1.82) is 0 Å². The van der Waals surface area contributed by atoms with E-state index in [9.17, 15) is 15.3 Å². The number of hydrogen-bond donors (Lipinski definition) is 5. The van der Waals surface area contributed by atoms with Crippen LogP contribution in [-0.2, 0) is 0 Å². The fourth-order valence-electron chi connectivity index (χ4n) is 8.44. The van der Waals surface area contributed by atoms with Crippen molar-refractivity contribution in [2.75, 3.05) is 23.7 Å². The molecule has 5 N–H and O–H groups in total. The van der Waals surface area contributed by atoms with Crippen LogP contribution in [0, 0.1) is 0 Å². The van der Waals surface area contributed by atoms with Crippen molar-refractivity contribution in [3.63, 3.8) is 0 Å². The van der Waals surface area contributed by atoms with Crippen molar-refractivity contribution in [3.8, 4) is 5.75 Å². The van der Waals surface area contributed by atoms with Gasteiger partial charge in [-0.2, -0.15) is 0 Å². The topological polar surface area (TPSA) is 84.8 Å². The Labute approximate surface area is 356 Å². The maximum atomic E-state index is 10.6. The number of phenolic OH excluding ortho intramolecular Hbond substituents is 1. The Balaban J connectivity index is 1.96. The lowest BCUT2D eigenvalue weighted by Gasteiger charge is -2.19. The third-order valence-electron chi connectivity index (χ3n) is 12.4. The summed E-state index contributed by atoms with van der Waals surface area (Å²) in [6.07, 6.45) is 52.8. The minimum atomic E-state index is -0.441. The normalized spacial score (nSPS) is 12.6. The largest absolute Gasteiger partial charge is 0.506 e. The maximum Gasteiger partial charge on any atom is 0.140 e. The van der Waals surface area contributed by atoms with Gasteiger partial charge in [0, 0.05) is 13.1 Å². The molecule has 5 heteroatoms. The summed E-state index contributed by atoms with van der Waals surface area (Å²) < 4.78 is 0. The predicted molar refractivity (Wildman–Crippen MR) is 253 cm³/mol. The summed E-state index contributed by atoms with van der Waals surface area (Å²) in [7, 11) is 0. The molecule has 0 aromatic heterocycles. The van der Waals surface area contributed by atoms with E-state index in [1.165, 1.54) is 231 Å². The van der Waals surface area contributed by atoms with Crippen LogP contribution < -0.4 is 10.6 Å². The number of anilines is 2. The first kappa shape index (κ1) is 53.6. The molecule has 0 bridgehead atoms. The van der Waals surface area contributed by atoms with Gasteiger partial charge in [-0.15, -0.1) is 0 Å². The highest BCUT2D eigenvalue weighted by Crippen LogP contribution is 2.32. The molecular formula is C52H100N2O3. The van der Waals surface area contributed by atoms with Gasteiger partial charge in [0.05, 0.1) is 17.9 Å². The van der Waals surface area contributed by atoms with Crippen molar-refractivity contribution >= 4 is 11.4 Å². The Kier molecular flexibility index (Phi) is 40.1. The second-order valence-electron chi connectivity index (χ2n) is 18.1. The highest BCUT2D eigenvalue weighted by Gasteiger charge is 2.12. The van der Waals surface area contributed by atoms with Crippen LogP contribution in [-0.4, -0.2) is 40.6 Å². The summed E-state index contributed by atoms with van der Waals surface area (Å²) in [6, 6.07) is 5.42. The molecule has 1 aromatic rings. The van der Waals surface area contributed by atoms with Gasteiger partial charge in [0.15, 0.2) is 0 Å². The van der Waals surface area contributed by atoms with Crippen LogP contribution >= 0.6 is 0 Å². The van der Waals surface area contributed by atoms with Crippen LogP contribution in [0.3, 0.4) is 0 Å². The van der Waals surface area contributed by atoms with E-state index in [-0.39, 0.29) is 5.75 Å². The zero-order valence-corrected chi connectivity index (χ0v) is 38.4. The van der Waals surface area contributed by atoms with Crippen molar-refractivity contribution in [1.82, 2.24) is 0 Å². The van der Waals surface area contributed by atoms with Gasteiger partial charge in [0.1, 0.15) is 11.4 Å². The molecule has 0 amide bonds. The fraction of sp³-hybridized carbons (Fsp3) is 0.885. The van der Waals surface area contributed by atoms with E-state index in [0.717, 1.165) is 31.4 Å². The molecule has 2 unspecified atom stereocenters. The Morgan fingerprint density at radius 2 is 0.632 bits per heavy atom. The molecule has 1 aromatic carbocycles. The zero-order chi connectivity index (χ0) is 41.1. The standard InChI is InChI=1S/C52H100N2O3/c1-3-5-7-9-11-13-15-17-19-21-23-25-27-29-31-33-35-37-39-42-48(55)46-53-50-44-41-45-51(57)52(50)54-47-49(56)43-40-38-36-34-32-30-28-26-24-22-20-18-16-14-12-10-8-6-4-2/h41,44-45,48-49,53-57H,3-40,42-43,46-47H2,1-2H3. The third kappa shape index (κ3) is 36.1. The number of nitrogens with one attached hydrogen (secondary N) is 2. The minimum absolute atomic E-state index is 0.170. The molecular weight excluding hydrogens is 701 g/mol. The molecule has 0 saturated carbocycles. The molecule has 2 atom stereocenters. The molecule has 1 rings (SSSR count). The maximum absolute atomic E-state index is 10.6. The SMILES string of the molecule is CCCCCCCCCCCCCCCCCCCCCC(O)CNc1cccc(O)c1NCC(O)CCCCCCCCCCCCCCCCCCCCC. The van der Waals surface area contributed by atoms with E-state index < -0.39 is 12.2 Å². The van der Waals surface area contributed by atoms with Gasteiger partial charge in [-0.3, -0.25) is 0 Å². The van der Waals surface area contributed by atoms with Crippen LogP contribution in [0.2, 0.25) is 0 Å². The molecule has 0 fully saturated rings. The van der Waals surface area contributed by atoms with Crippen LogP contribution in [0.25, 0.3) is 0 Å². The number of para-hydroxylation sites is 1. The molecule has 0 spiro atoms. The first-order valence-electron chi connectivity index (χ1n) is 25.7. The van der Waals surface area contributed by atoms with Gasteiger partial charge in [0.25, 0.3) is 0 Å². The smallest absolute Gasteiger partial charge is 0.140 e. The molecule has 0 saturated heterocycles. The molecule has 0 aliphatic carbocycles. The summed E-state index contributed by atoms with van der Waals surface area (Å²) >= 11 is 0.